The van der Waals surface area contributed by atoms with Gasteiger partial charge < -0.3 is 15.0 Å². The molecule has 2 aliphatic rings. The Morgan fingerprint density at radius 2 is 1.88 bits per heavy atom. The first-order chi connectivity index (χ1) is 12.2. The summed E-state index contributed by atoms with van der Waals surface area (Å²) in [6.07, 6.45) is 2.08. The van der Waals surface area contributed by atoms with Crippen LogP contribution in [0.3, 0.4) is 0 Å². The molecule has 1 aromatic rings. The first-order valence-corrected chi connectivity index (χ1v) is 9.13. The molecule has 136 valence electrons. The highest BCUT2D eigenvalue weighted by Crippen LogP contribution is 2.11. The van der Waals surface area contributed by atoms with Crippen molar-refractivity contribution in [3.8, 4) is 0 Å². The molecular weight excluding hydrogens is 318 g/mol. The van der Waals surface area contributed by atoms with Crippen molar-refractivity contribution in [1.29, 1.82) is 0 Å². The molecule has 2 saturated heterocycles. The van der Waals surface area contributed by atoms with Crippen LogP contribution in [0.5, 0.6) is 0 Å². The van der Waals surface area contributed by atoms with Crippen LogP contribution >= 0.6 is 0 Å². The lowest BCUT2D eigenvalue weighted by molar-refractivity contribution is -0.137. The van der Waals surface area contributed by atoms with Crippen molar-refractivity contribution in [2.24, 2.45) is 0 Å². The molecule has 1 N–H and O–H groups in total. The van der Waals surface area contributed by atoms with Gasteiger partial charge in [0.15, 0.2) is 0 Å². The van der Waals surface area contributed by atoms with Gasteiger partial charge in [-0.3, -0.25) is 14.5 Å². The Hall–Kier alpha value is -1.92. The maximum Gasteiger partial charge on any atom is 0.232 e. The highest BCUT2D eigenvalue weighted by Gasteiger charge is 2.23. The van der Waals surface area contributed by atoms with Gasteiger partial charge in [-0.05, 0) is 18.4 Å². The fraction of sp³-hybridized carbons (Fsp3) is 0.579. The summed E-state index contributed by atoms with van der Waals surface area (Å²) in [4.78, 5) is 28.4. The molecule has 25 heavy (non-hydrogen) atoms. The molecule has 1 unspecified atom stereocenters. The standard InChI is InChI=1S/C19H27N3O3/c23-18(20-14-17-7-4-12-25-17)13-19(24)22-10-8-21(9-11-22)15-16-5-2-1-3-6-16/h1-3,5-6,17H,4,7-15H2,(H,20,23). The van der Waals surface area contributed by atoms with Gasteiger partial charge in [-0.1, -0.05) is 30.3 Å². The van der Waals surface area contributed by atoms with Gasteiger partial charge in [0.2, 0.25) is 11.8 Å². The molecule has 2 heterocycles. The molecule has 0 aromatic heterocycles. The van der Waals surface area contributed by atoms with Crippen LogP contribution in [-0.2, 0) is 20.9 Å². The molecule has 0 spiro atoms. The Kier molecular flexibility index (Phi) is 6.42. The zero-order valence-corrected chi connectivity index (χ0v) is 14.7. The third kappa shape index (κ3) is 5.54. The van der Waals surface area contributed by atoms with Crippen molar-refractivity contribution in [2.75, 3.05) is 39.3 Å². The maximum absolute atomic E-state index is 12.3. The number of hydrogen-bond donors (Lipinski definition) is 1. The number of ether oxygens (including phenoxy) is 1. The first kappa shape index (κ1) is 17.9. The van der Waals surface area contributed by atoms with Gasteiger partial charge in [0.05, 0.1) is 6.10 Å². The van der Waals surface area contributed by atoms with Crippen LogP contribution in [-0.4, -0.2) is 67.0 Å². The normalized spacial score (nSPS) is 21.3. The Morgan fingerprint density at radius 3 is 2.56 bits per heavy atom. The predicted molar refractivity (Wildman–Crippen MR) is 94.9 cm³/mol. The number of benzene rings is 1. The zero-order valence-electron chi connectivity index (χ0n) is 14.7. The van der Waals surface area contributed by atoms with E-state index in [1.807, 2.05) is 18.2 Å². The van der Waals surface area contributed by atoms with E-state index >= 15 is 0 Å². The van der Waals surface area contributed by atoms with Crippen LogP contribution < -0.4 is 5.32 Å². The highest BCUT2D eigenvalue weighted by molar-refractivity contribution is 5.96. The van der Waals surface area contributed by atoms with Crippen molar-refractivity contribution < 1.29 is 14.3 Å². The molecule has 1 aromatic carbocycles. The largest absolute Gasteiger partial charge is 0.376 e. The van der Waals surface area contributed by atoms with E-state index in [1.54, 1.807) is 4.90 Å². The Labute approximate surface area is 149 Å². The van der Waals surface area contributed by atoms with E-state index in [0.29, 0.717) is 19.6 Å². The number of rotatable bonds is 6. The molecular formula is C19H27N3O3. The second-order valence-electron chi connectivity index (χ2n) is 6.76. The van der Waals surface area contributed by atoms with E-state index in [9.17, 15) is 9.59 Å². The molecule has 2 aliphatic heterocycles. The number of carbonyl (C=O) groups is 2. The van der Waals surface area contributed by atoms with Crippen molar-refractivity contribution in [2.45, 2.75) is 31.9 Å². The summed E-state index contributed by atoms with van der Waals surface area (Å²) >= 11 is 0. The molecule has 0 bridgehead atoms. The van der Waals surface area contributed by atoms with Gasteiger partial charge in [0.1, 0.15) is 6.42 Å². The number of nitrogens with one attached hydrogen (secondary N) is 1. The fourth-order valence-electron chi connectivity index (χ4n) is 3.34. The molecule has 2 amide bonds. The maximum atomic E-state index is 12.3. The predicted octanol–water partition coefficient (Wildman–Crippen LogP) is 1.02. The quantitative estimate of drug-likeness (QED) is 0.782. The second-order valence-corrected chi connectivity index (χ2v) is 6.76. The second kappa shape index (κ2) is 8.97. The Morgan fingerprint density at radius 1 is 1.12 bits per heavy atom. The fourth-order valence-corrected chi connectivity index (χ4v) is 3.34. The van der Waals surface area contributed by atoms with Gasteiger partial charge >= 0.3 is 0 Å². The van der Waals surface area contributed by atoms with Crippen LogP contribution in [0.4, 0.5) is 0 Å². The molecule has 0 saturated carbocycles. The Balaban J connectivity index is 1.35. The van der Waals surface area contributed by atoms with Crippen molar-refractivity contribution in [3.05, 3.63) is 35.9 Å². The van der Waals surface area contributed by atoms with E-state index in [0.717, 1.165) is 39.1 Å². The van der Waals surface area contributed by atoms with Crippen molar-refractivity contribution in [3.63, 3.8) is 0 Å². The molecule has 6 nitrogen and oxygen atoms in total. The number of hydrogen-bond acceptors (Lipinski definition) is 4. The smallest absolute Gasteiger partial charge is 0.232 e. The minimum Gasteiger partial charge on any atom is -0.376 e. The van der Waals surface area contributed by atoms with Crippen LogP contribution in [0.25, 0.3) is 0 Å². The summed E-state index contributed by atoms with van der Waals surface area (Å²) in [5.41, 5.74) is 1.29. The van der Waals surface area contributed by atoms with E-state index in [2.05, 4.69) is 22.3 Å². The molecule has 2 fully saturated rings. The van der Waals surface area contributed by atoms with Crippen LogP contribution in [0.15, 0.2) is 30.3 Å². The molecule has 0 radical (unpaired) electrons. The number of amides is 2. The summed E-state index contributed by atoms with van der Waals surface area (Å²) in [6.45, 7) is 5.25. The summed E-state index contributed by atoms with van der Waals surface area (Å²) in [7, 11) is 0. The topological polar surface area (TPSA) is 61.9 Å². The van der Waals surface area contributed by atoms with Gasteiger partial charge in [-0.25, -0.2) is 0 Å². The van der Waals surface area contributed by atoms with Crippen LogP contribution in [0, 0.1) is 0 Å². The van der Waals surface area contributed by atoms with Gasteiger partial charge in [-0.2, -0.15) is 0 Å². The van der Waals surface area contributed by atoms with E-state index in [4.69, 9.17) is 4.74 Å². The number of nitrogens with zero attached hydrogens (tertiary/aromatic N) is 2. The van der Waals surface area contributed by atoms with E-state index < -0.39 is 0 Å². The van der Waals surface area contributed by atoms with Gasteiger partial charge in [-0.15, -0.1) is 0 Å². The third-order valence-corrected chi connectivity index (χ3v) is 4.84. The first-order valence-electron chi connectivity index (χ1n) is 9.13. The minimum absolute atomic E-state index is 0.0641. The van der Waals surface area contributed by atoms with E-state index in [1.165, 1.54) is 5.56 Å². The van der Waals surface area contributed by atoms with Crippen molar-refractivity contribution >= 4 is 11.8 Å². The highest BCUT2D eigenvalue weighted by atomic mass is 16.5. The van der Waals surface area contributed by atoms with Crippen LogP contribution in [0.1, 0.15) is 24.8 Å². The molecule has 0 aliphatic carbocycles. The summed E-state index contributed by atoms with van der Waals surface area (Å²) in [6, 6.07) is 10.4. The monoisotopic (exact) mass is 345 g/mol. The average Bonchev–Trinajstić information content (AvgIpc) is 3.15. The molecule has 6 heteroatoms. The molecule has 3 rings (SSSR count). The SMILES string of the molecule is O=C(CC(=O)N1CCN(Cc2ccccc2)CC1)NCC1CCCO1. The minimum atomic E-state index is -0.202. The number of piperazine rings is 1. The van der Waals surface area contributed by atoms with Gasteiger partial charge in [0, 0.05) is 45.9 Å². The number of carbonyl (C=O) groups excluding carboxylic acids is 2. The molecule has 1 atom stereocenters. The summed E-state index contributed by atoms with van der Waals surface area (Å²) < 4.78 is 5.47. The average molecular weight is 345 g/mol. The summed E-state index contributed by atoms with van der Waals surface area (Å²) in [5, 5.41) is 2.81. The van der Waals surface area contributed by atoms with Gasteiger partial charge in [0.25, 0.3) is 0 Å². The lowest BCUT2D eigenvalue weighted by atomic mass is 10.2. The van der Waals surface area contributed by atoms with E-state index in [-0.39, 0.29) is 24.3 Å². The zero-order chi connectivity index (χ0) is 17.5. The van der Waals surface area contributed by atoms with Crippen molar-refractivity contribution in [1.82, 2.24) is 15.1 Å². The lowest BCUT2D eigenvalue weighted by Crippen LogP contribution is -2.49. The third-order valence-electron chi connectivity index (χ3n) is 4.84. The van der Waals surface area contributed by atoms with Crippen LogP contribution in [0.2, 0.25) is 0 Å². The lowest BCUT2D eigenvalue weighted by Gasteiger charge is -2.34. The Bertz CT molecular complexity index is 565. The summed E-state index contributed by atoms with van der Waals surface area (Å²) in [5.74, 6) is -0.281.